The summed E-state index contributed by atoms with van der Waals surface area (Å²) in [5.41, 5.74) is -0.0535. The van der Waals surface area contributed by atoms with E-state index in [-0.39, 0.29) is 5.56 Å². The van der Waals surface area contributed by atoms with Gasteiger partial charge in [-0.3, -0.25) is 0 Å². The van der Waals surface area contributed by atoms with Gasteiger partial charge in [-0.1, -0.05) is 0 Å². The molecule has 0 radical (unpaired) electrons. The molecule has 0 bridgehead atoms. The molecule has 0 aliphatic rings. The lowest BCUT2D eigenvalue weighted by molar-refractivity contribution is 0.0696. The number of carbonyl (C=O) groups is 1. The van der Waals surface area contributed by atoms with Gasteiger partial charge in [-0.2, -0.15) is 0 Å². The minimum Gasteiger partial charge on any atom is -0.478 e. The fourth-order valence-corrected chi connectivity index (χ4v) is 2.31. The van der Waals surface area contributed by atoms with Gasteiger partial charge in [0.25, 0.3) is 0 Å². The number of benzene rings is 1. The summed E-state index contributed by atoms with van der Waals surface area (Å²) in [4.78, 5) is 10.9. The summed E-state index contributed by atoms with van der Waals surface area (Å²) in [6.45, 7) is 0. The Hall–Kier alpha value is -0.550. The largest absolute Gasteiger partial charge is 0.478 e. The van der Waals surface area contributed by atoms with Crippen LogP contribution >= 0.6 is 27.7 Å². The van der Waals surface area contributed by atoms with Crippen LogP contribution < -0.4 is 0 Å². The van der Waals surface area contributed by atoms with Crippen molar-refractivity contribution in [2.45, 2.75) is 4.90 Å². The highest BCUT2D eigenvalue weighted by molar-refractivity contribution is 9.10. The van der Waals surface area contributed by atoms with Crippen LogP contribution in [0.4, 0.5) is 4.39 Å². The molecule has 0 saturated heterocycles. The predicted octanol–water partition coefficient (Wildman–Crippen LogP) is 3.01. The zero-order valence-electron chi connectivity index (χ0n) is 6.67. The number of thioether (sulfide) groups is 1. The second-order valence-corrected chi connectivity index (χ2v) is 3.95. The Balaban J connectivity index is 3.28. The summed E-state index contributed by atoms with van der Waals surface area (Å²) in [6.07, 6.45) is 1.73. The Bertz CT molecular complexity index is 331. The van der Waals surface area contributed by atoms with Gasteiger partial charge in [0.05, 0.1) is 10.5 Å². The molecular weight excluding hydrogens is 259 g/mol. The molecule has 0 aliphatic carbocycles. The fraction of sp³-hybridized carbons (Fsp3) is 0.125. The van der Waals surface area contributed by atoms with Gasteiger partial charge in [0.15, 0.2) is 0 Å². The average molecular weight is 265 g/mol. The topological polar surface area (TPSA) is 37.3 Å². The molecule has 5 heteroatoms. The minimum atomic E-state index is -1.13. The predicted molar refractivity (Wildman–Crippen MR) is 52.8 cm³/mol. The van der Waals surface area contributed by atoms with E-state index in [1.807, 2.05) is 0 Å². The zero-order chi connectivity index (χ0) is 10.0. The van der Waals surface area contributed by atoms with Crippen LogP contribution in [-0.4, -0.2) is 17.3 Å². The van der Waals surface area contributed by atoms with E-state index in [9.17, 15) is 9.18 Å². The lowest BCUT2D eigenvalue weighted by atomic mass is 10.2. The van der Waals surface area contributed by atoms with Gasteiger partial charge in [0.1, 0.15) is 5.82 Å². The molecule has 1 aromatic carbocycles. The maximum atomic E-state index is 13.2. The fourth-order valence-electron chi connectivity index (χ4n) is 0.878. The summed E-state index contributed by atoms with van der Waals surface area (Å²) < 4.78 is 13.6. The molecule has 0 spiro atoms. The van der Waals surface area contributed by atoms with Crippen LogP contribution in [0.5, 0.6) is 0 Å². The smallest absolute Gasteiger partial charge is 0.335 e. The van der Waals surface area contributed by atoms with E-state index in [2.05, 4.69) is 15.9 Å². The Morgan fingerprint density at radius 1 is 1.62 bits per heavy atom. The van der Waals surface area contributed by atoms with Crippen molar-refractivity contribution in [3.8, 4) is 0 Å². The summed E-state index contributed by atoms with van der Waals surface area (Å²) in [7, 11) is 0. The first kappa shape index (κ1) is 10.5. The third kappa shape index (κ3) is 2.22. The van der Waals surface area contributed by atoms with Crippen molar-refractivity contribution in [2.75, 3.05) is 6.26 Å². The van der Waals surface area contributed by atoms with Gasteiger partial charge < -0.3 is 5.11 Å². The normalized spacial score (nSPS) is 10.1. The first-order valence-electron chi connectivity index (χ1n) is 3.32. The van der Waals surface area contributed by atoms with Crippen LogP contribution in [0.15, 0.2) is 21.5 Å². The Morgan fingerprint density at radius 3 is 2.62 bits per heavy atom. The third-order valence-corrected chi connectivity index (χ3v) is 3.16. The molecule has 70 valence electrons. The summed E-state index contributed by atoms with van der Waals surface area (Å²) >= 11 is 4.33. The molecule has 0 aromatic heterocycles. The lowest BCUT2D eigenvalue weighted by Gasteiger charge is -2.03. The van der Waals surface area contributed by atoms with E-state index >= 15 is 0 Å². The molecule has 0 saturated carbocycles. The van der Waals surface area contributed by atoms with Gasteiger partial charge in [-0.25, -0.2) is 9.18 Å². The van der Waals surface area contributed by atoms with E-state index < -0.39 is 11.8 Å². The van der Waals surface area contributed by atoms with Gasteiger partial charge in [0.2, 0.25) is 0 Å². The molecule has 2 nitrogen and oxygen atoms in total. The maximum absolute atomic E-state index is 13.2. The number of halogens is 2. The average Bonchev–Trinajstić information content (AvgIpc) is 2.03. The Labute approximate surface area is 87.3 Å². The van der Waals surface area contributed by atoms with Crippen LogP contribution in [0, 0.1) is 5.82 Å². The number of carboxylic acid groups (broad SMARTS) is 1. The van der Waals surface area contributed by atoms with Crippen LogP contribution in [0.3, 0.4) is 0 Å². The number of hydrogen-bond acceptors (Lipinski definition) is 2. The van der Waals surface area contributed by atoms with Crippen molar-refractivity contribution >= 4 is 33.7 Å². The van der Waals surface area contributed by atoms with Crippen molar-refractivity contribution < 1.29 is 14.3 Å². The lowest BCUT2D eigenvalue weighted by Crippen LogP contribution is -1.98. The molecule has 1 aromatic rings. The van der Waals surface area contributed by atoms with Crippen LogP contribution in [0.1, 0.15) is 10.4 Å². The third-order valence-electron chi connectivity index (χ3n) is 1.45. The zero-order valence-corrected chi connectivity index (χ0v) is 9.08. The maximum Gasteiger partial charge on any atom is 0.335 e. The monoisotopic (exact) mass is 264 g/mol. The number of aromatic carboxylic acids is 1. The van der Waals surface area contributed by atoms with E-state index in [4.69, 9.17) is 5.11 Å². The quantitative estimate of drug-likeness (QED) is 0.835. The molecule has 0 aliphatic heterocycles. The Morgan fingerprint density at radius 2 is 2.23 bits per heavy atom. The van der Waals surface area contributed by atoms with Gasteiger partial charge >= 0.3 is 5.97 Å². The second-order valence-electron chi connectivity index (χ2n) is 2.28. The molecule has 0 amide bonds. The molecule has 0 fully saturated rings. The van der Waals surface area contributed by atoms with E-state index in [0.29, 0.717) is 9.37 Å². The molecule has 1 rings (SSSR count). The van der Waals surface area contributed by atoms with Crippen LogP contribution in [0.25, 0.3) is 0 Å². The standard InChI is InChI=1S/C8H6BrFO2S/c1-13-7-5(9)2-4(8(11)12)3-6(7)10/h2-3H,1H3,(H,11,12). The van der Waals surface area contributed by atoms with E-state index in [0.717, 1.165) is 6.07 Å². The van der Waals surface area contributed by atoms with E-state index in [1.54, 1.807) is 6.26 Å². The highest BCUT2D eigenvalue weighted by Gasteiger charge is 2.11. The molecule has 1 N–H and O–H groups in total. The molecular formula is C8H6BrFO2S. The van der Waals surface area contributed by atoms with Crippen molar-refractivity contribution in [1.82, 2.24) is 0 Å². The number of rotatable bonds is 2. The summed E-state index contributed by atoms with van der Waals surface area (Å²) in [5, 5.41) is 8.60. The number of carboxylic acids is 1. The highest BCUT2D eigenvalue weighted by atomic mass is 79.9. The van der Waals surface area contributed by atoms with Crippen molar-refractivity contribution in [1.29, 1.82) is 0 Å². The second kappa shape index (κ2) is 4.11. The first-order chi connectivity index (χ1) is 6.06. The van der Waals surface area contributed by atoms with Gasteiger partial charge in [0, 0.05) is 4.47 Å². The minimum absolute atomic E-state index is 0.0535. The Kier molecular flexibility index (Phi) is 3.33. The molecule has 0 atom stereocenters. The highest BCUT2D eigenvalue weighted by Crippen LogP contribution is 2.29. The van der Waals surface area contributed by atoms with Gasteiger partial charge in [-0.15, -0.1) is 11.8 Å². The van der Waals surface area contributed by atoms with Crippen molar-refractivity contribution in [2.24, 2.45) is 0 Å². The van der Waals surface area contributed by atoms with E-state index in [1.165, 1.54) is 17.8 Å². The number of hydrogen-bond donors (Lipinski definition) is 1. The summed E-state index contributed by atoms with van der Waals surface area (Å²) in [5.74, 6) is -1.65. The molecule has 0 unspecified atom stereocenters. The van der Waals surface area contributed by atoms with Gasteiger partial charge in [-0.05, 0) is 34.3 Å². The molecule has 13 heavy (non-hydrogen) atoms. The van der Waals surface area contributed by atoms with Crippen molar-refractivity contribution in [3.63, 3.8) is 0 Å². The first-order valence-corrected chi connectivity index (χ1v) is 5.34. The van der Waals surface area contributed by atoms with Crippen LogP contribution in [0.2, 0.25) is 0 Å². The van der Waals surface area contributed by atoms with Crippen molar-refractivity contribution in [3.05, 3.63) is 28.0 Å². The molecule has 0 heterocycles. The SMILES string of the molecule is CSc1c(F)cc(C(=O)O)cc1Br. The van der Waals surface area contributed by atoms with Crippen LogP contribution in [-0.2, 0) is 0 Å². The summed E-state index contributed by atoms with van der Waals surface area (Å²) in [6, 6.07) is 2.40.